The lowest BCUT2D eigenvalue weighted by molar-refractivity contribution is 0.322. The van der Waals surface area contributed by atoms with Crippen LogP contribution in [-0.2, 0) is 0 Å². The minimum Gasteiger partial charge on any atom is -0.493 e. The number of aliphatic hydroxyl groups excluding tert-OH is 1. The van der Waals surface area contributed by atoms with Gasteiger partial charge in [0, 0.05) is 17.5 Å². The van der Waals surface area contributed by atoms with E-state index in [1.165, 1.54) is 0 Å². The van der Waals surface area contributed by atoms with Gasteiger partial charge in [-0.15, -0.1) is 0 Å². The Kier molecular flexibility index (Phi) is 6.93. The molecule has 0 aromatic heterocycles. The zero-order valence-electron chi connectivity index (χ0n) is 11.1. The third kappa shape index (κ3) is 4.08. The molecule has 102 valence electrons. The Morgan fingerprint density at radius 2 is 2.00 bits per heavy atom. The molecule has 0 bridgehead atoms. The molecule has 1 rings (SSSR count). The number of hydrogen-bond acceptors (Lipinski definition) is 5. The first-order chi connectivity index (χ1) is 8.76. The molecule has 18 heavy (non-hydrogen) atoms. The molecule has 1 aromatic carbocycles. The molecule has 0 spiro atoms. The van der Waals surface area contributed by atoms with Crippen molar-refractivity contribution >= 4 is 11.8 Å². The van der Waals surface area contributed by atoms with Crippen LogP contribution >= 0.6 is 11.8 Å². The van der Waals surface area contributed by atoms with Crippen LogP contribution in [0, 0.1) is 0 Å². The molecule has 0 amide bonds. The Bertz CT molecular complexity index is 360. The van der Waals surface area contributed by atoms with Crippen LogP contribution in [0.3, 0.4) is 0 Å². The lowest BCUT2D eigenvalue weighted by Gasteiger charge is -2.18. The molecule has 0 aliphatic carbocycles. The molecule has 1 aromatic rings. The van der Waals surface area contributed by atoms with Gasteiger partial charge in [0.15, 0.2) is 11.5 Å². The molecule has 2 N–H and O–H groups in total. The fourth-order valence-corrected chi connectivity index (χ4v) is 2.57. The van der Waals surface area contributed by atoms with Crippen molar-refractivity contribution in [3.8, 4) is 11.5 Å². The van der Waals surface area contributed by atoms with Gasteiger partial charge in [0.25, 0.3) is 0 Å². The summed E-state index contributed by atoms with van der Waals surface area (Å²) in [5.41, 5.74) is 1.15. The van der Waals surface area contributed by atoms with Gasteiger partial charge in [-0.3, -0.25) is 0 Å². The van der Waals surface area contributed by atoms with Crippen LogP contribution in [0.5, 0.6) is 11.5 Å². The van der Waals surface area contributed by atoms with E-state index in [0.29, 0.717) is 0 Å². The molecule has 0 aliphatic rings. The molecule has 1 unspecified atom stereocenters. The number of nitrogens with one attached hydrogen (secondary N) is 1. The van der Waals surface area contributed by atoms with Gasteiger partial charge in [-0.05, 0) is 24.7 Å². The molecular weight excluding hydrogens is 250 g/mol. The SMILES string of the molecule is CNC(CSCCO)c1ccc(OC)c(OC)c1. The maximum absolute atomic E-state index is 8.80. The third-order valence-electron chi connectivity index (χ3n) is 2.68. The van der Waals surface area contributed by atoms with Crippen molar-refractivity contribution in [1.82, 2.24) is 5.32 Å². The van der Waals surface area contributed by atoms with E-state index in [4.69, 9.17) is 14.6 Å². The molecule has 0 aliphatic heterocycles. The molecule has 0 saturated carbocycles. The summed E-state index contributed by atoms with van der Waals surface area (Å²) in [6, 6.07) is 6.16. The summed E-state index contributed by atoms with van der Waals surface area (Å²) in [5, 5.41) is 12.1. The van der Waals surface area contributed by atoms with Crippen LogP contribution in [0.4, 0.5) is 0 Å². The van der Waals surface area contributed by atoms with Crippen molar-refractivity contribution in [2.75, 3.05) is 39.4 Å². The lowest BCUT2D eigenvalue weighted by Crippen LogP contribution is -2.19. The maximum Gasteiger partial charge on any atom is 0.161 e. The summed E-state index contributed by atoms with van der Waals surface area (Å²) in [5.74, 6) is 3.14. The van der Waals surface area contributed by atoms with Crippen LogP contribution < -0.4 is 14.8 Å². The van der Waals surface area contributed by atoms with Crippen LogP contribution in [0.15, 0.2) is 18.2 Å². The third-order valence-corrected chi connectivity index (χ3v) is 3.72. The van der Waals surface area contributed by atoms with E-state index >= 15 is 0 Å². The molecule has 4 nitrogen and oxygen atoms in total. The van der Waals surface area contributed by atoms with Crippen molar-refractivity contribution in [3.05, 3.63) is 23.8 Å². The number of ether oxygens (including phenoxy) is 2. The maximum atomic E-state index is 8.80. The Morgan fingerprint density at radius 1 is 1.28 bits per heavy atom. The second-order valence-corrected chi connectivity index (χ2v) is 4.90. The van der Waals surface area contributed by atoms with Gasteiger partial charge in [-0.1, -0.05) is 6.07 Å². The summed E-state index contributed by atoms with van der Waals surface area (Å²) in [6.45, 7) is 0.215. The zero-order valence-corrected chi connectivity index (χ0v) is 11.9. The van der Waals surface area contributed by atoms with Crippen molar-refractivity contribution in [1.29, 1.82) is 0 Å². The number of rotatable bonds is 8. The average Bonchev–Trinajstić information content (AvgIpc) is 2.43. The van der Waals surface area contributed by atoms with Gasteiger partial charge >= 0.3 is 0 Å². The topological polar surface area (TPSA) is 50.7 Å². The van der Waals surface area contributed by atoms with E-state index in [0.717, 1.165) is 28.6 Å². The second-order valence-electron chi connectivity index (χ2n) is 3.75. The first kappa shape index (κ1) is 15.1. The molecule has 0 radical (unpaired) electrons. The van der Waals surface area contributed by atoms with Gasteiger partial charge in [0.05, 0.1) is 20.8 Å². The summed E-state index contributed by atoms with van der Waals surface area (Å²) >= 11 is 1.72. The fourth-order valence-electron chi connectivity index (χ4n) is 1.68. The molecule has 0 heterocycles. The first-order valence-corrected chi connectivity index (χ1v) is 7.00. The van der Waals surface area contributed by atoms with Gasteiger partial charge in [-0.25, -0.2) is 0 Å². The molecule has 0 fully saturated rings. The Labute approximate surface area is 113 Å². The van der Waals surface area contributed by atoms with Crippen molar-refractivity contribution in [3.63, 3.8) is 0 Å². The number of thioether (sulfide) groups is 1. The minimum absolute atomic E-state index is 0.215. The van der Waals surface area contributed by atoms with Crippen molar-refractivity contribution < 1.29 is 14.6 Å². The van der Waals surface area contributed by atoms with Gasteiger partial charge in [0.2, 0.25) is 0 Å². The van der Waals surface area contributed by atoms with E-state index < -0.39 is 0 Å². The van der Waals surface area contributed by atoms with E-state index in [9.17, 15) is 0 Å². The number of aliphatic hydroxyl groups is 1. The normalized spacial score (nSPS) is 12.2. The lowest BCUT2D eigenvalue weighted by atomic mass is 10.1. The molecule has 5 heteroatoms. The Morgan fingerprint density at radius 3 is 2.56 bits per heavy atom. The van der Waals surface area contributed by atoms with Gasteiger partial charge in [0.1, 0.15) is 0 Å². The van der Waals surface area contributed by atoms with Crippen LogP contribution in [0.1, 0.15) is 11.6 Å². The van der Waals surface area contributed by atoms with E-state index in [-0.39, 0.29) is 12.6 Å². The highest BCUT2D eigenvalue weighted by atomic mass is 32.2. The van der Waals surface area contributed by atoms with E-state index in [1.54, 1.807) is 26.0 Å². The van der Waals surface area contributed by atoms with Crippen LogP contribution in [0.2, 0.25) is 0 Å². The van der Waals surface area contributed by atoms with Gasteiger partial charge < -0.3 is 19.9 Å². The summed E-state index contributed by atoms with van der Waals surface area (Å²) in [6.07, 6.45) is 0. The first-order valence-electron chi connectivity index (χ1n) is 5.84. The summed E-state index contributed by atoms with van der Waals surface area (Å²) in [4.78, 5) is 0. The highest BCUT2D eigenvalue weighted by molar-refractivity contribution is 7.99. The average molecular weight is 271 g/mol. The molecule has 0 saturated heterocycles. The Balaban J connectivity index is 2.79. The highest BCUT2D eigenvalue weighted by Crippen LogP contribution is 2.30. The fraction of sp³-hybridized carbons (Fsp3) is 0.538. The largest absolute Gasteiger partial charge is 0.493 e. The molecule has 1 atom stereocenters. The predicted octanol–water partition coefficient (Wildman–Crippen LogP) is 1.69. The Hall–Kier alpha value is -0.910. The highest BCUT2D eigenvalue weighted by Gasteiger charge is 2.12. The number of hydrogen-bond donors (Lipinski definition) is 2. The monoisotopic (exact) mass is 271 g/mol. The summed E-state index contributed by atoms with van der Waals surface area (Å²) < 4.78 is 10.5. The second kappa shape index (κ2) is 8.24. The standard InChI is InChI=1S/C13H21NO3S/c1-14-11(9-18-7-6-15)10-4-5-12(16-2)13(8-10)17-3/h4-5,8,11,14-15H,6-7,9H2,1-3H3. The number of benzene rings is 1. The van der Waals surface area contributed by atoms with E-state index in [1.807, 2.05) is 25.2 Å². The minimum atomic E-state index is 0.215. The number of methoxy groups -OCH3 is 2. The zero-order chi connectivity index (χ0) is 13.4. The van der Waals surface area contributed by atoms with Crippen LogP contribution in [0.25, 0.3) is 0 Å². The molecular formula is C13H21NO3S. The van der Waals surface area contributed by atoms with Crippen LogP contribution in [-0.4, -0.2) is 44.5 Å². The van der Waals surface area contributed by atoms with Crippen molar-refractivity contribution in [2.24, 2.45) is 0 Å². The smallest absolute Gasteiger partial charge is 0.161 e. The quantitative estimate of drug-likeness (QED) is 0.705. The van der Waals surface area contributed by atoms with Gasteiger partial charge in [-0.2, -0.15) is 11.8 Å². The summed E-state index contributed by atoms with van der Waals surface area (Å²) in [7, 11) is 5.20. The predicted molar refractivity (Wildman–Crippen MR) is 75.8 cm³/mol. The van der Waals surface area contributed by atoms with E-state index in [2.05, 4.69) is 5.32 Å². The van der Waals surface area contributed by atoms with Crippen molar-refractivity contribution in [2.45, 2.75) is 6.04 Å².